The normalized spacial score (nSPS) is 12.4. The first-order valence-corrected chi connectivity index (χ1v) is 11.4. The second-order valence-electron chi connectivity index (χ2n) is 7.97. The average molecular weight is 444 g/mol. The second kappa shape index (κ2) is 14.9. The third-order valence-corrected chi connectivity index (χ3v) is 5.17. The number of rotatable bonds is 15. The van der Waals surface area contributed by atoms with E-state index in [1.165, 1.54) is 58.3 Å². The number of nitrogens with one attached hydrogen (secondary N) is 1. The van der Waals surface area contributed by atoms with Crippen LogP contribution in [0.15, 0.2) is 24.3 Å². The summed E-state index contributed by atoms with van der Waals surface area (Å²) in [5, 5.41) is 2.45. The van der Waals surface area contributed by atoms with Crippen molar-refractivity contribution < 1.29 is 27.5 Å². The molecule has 1 atom stereocenters. The molecule has 1 rings (SSSR count). The van der Waals surface area contributed by atoms with Crippen LogP contribution >= 0.6 is 0 Å². The highest BCUT2D eigenvalue weighted by Crippen LogP contribution is 2.29. The van der Waals surface area contributed by atoms with Crippen LogP contribution in [0.4, 0.5) is 13.2 Å². The van der Waals surface area contributed by atoms with Gasteiger partial charge in [-0.15, -0.1) is 0 Å². The lowest BCUT2D eigenvalue weighted by atomic mass is 10.1. The minimum Gasteiger partial charge on any atom is -0.464 e. The number of hydrogen-bond donors (Lipinski definition) is 1. The highest BCUT2D eigenvalue weighted by molar-refractivity contribution is 5.96. The lowest BCUT2D eigenvalue weighted by Crippen LogP contribution is -2.39. The van der Waals surface area contributed by atoms with E-state index in [0.717, 1.165) is 43.5 Å². The summed E-state index contributed by atoms with van der Waals surface area (Å²) in [4.78, 5) is 24.1. The molecule has 0 spiro atoms. The van der Waals surface area contributed by atoms with Crippen LogP contribution in [0.25, 0.3) is 0 Å². The Morgan fingerprint density at radius 2 is 1.35 bits per heavy atom. The van der Waals surface area contributed by atoms with Gasteiger partial charge in [0, 0.05) is 5.56 Å². The molecule has 1 N–H and O–H groups in total. The Kier molecular flexibility index (Phi) is 12.9. The number of halogens is 3. The molecule has 0 unspecified atom stereocenters. The molecule has 0 aliphatic carbocycles. The first kappa shape index (κ1) is 27.0. The van der Waals surface area contributed by atoms with Crippen LogP contribution in [0.5, 0.6) is 0 Å². The summed E-state index contributed by atoms with van der Waals surface area (Å²) >= 11 is 0. The van der Waals surface area contributed by atoms with Crippen LogP contribution in [0.2, 0.25) is 0 Å². The van der Waals surface area contributed by atoms with Crippen LogP contribution in [-0.2, 0) is 15.7 Å². The number of amides is 1. The first-order chi connectivity index (χ1) is 14.8. The summed E-state index contributed by atoms with van der Waals surface area (Å²) in [6, 6.07) is 2.97. The van der Waals surface area contributed by atoms with E-state index < -0.39 is 29.7 Å². The van der Waals surface area contributed by atoms with Gasteiger partial charge in [-0.1, -0.05) is 71.1 Å². The summed E-state index contributed by atoms with van der Waals surface area (Å²) in [5.41, 5.74) is -0.776. The van der Waals surface area contributed by atoms with E-state index in [2.05, 4.69) is 12.2 Å². The molecule has 0 aliphatic heterocycles. The molecule has 0 aromatic heterocycles. The Bertz CT molecular complexity index is 644. The van der Waals surface area contributed by atoms with Crippen molar-refractivity contribution >= 4 is 11.9 Å². The van der Waals surface area contributed by atoms with Crippen molar-refractivity contribution in [3.8, 4) is 0 Å². The molecule has 1 aromatic rings. The number of esters is 1. The highest BCUT2D eigenvalue weighted by atomic mass is 19.4. The topological polar surface area (TPSA) is 55.4 Å². The Labute approximate surface area is 183 Å². The highest BCUT2D eigenvalue weighted by Gasteiger charge is 2.30. The molecule has 31 heavy (non-hydrogen) atoms. The van der Waals surface area contributed by atoms with E-state index >= 15 is 0 Å². The monoisotopic (exact) mass is 443 g/mol. The number of hydrogen-bond acceptors (Lipinski definition) is 3. The molecule has 0 radical (unpaired) electrons. The van der Waals surface area contributed by atoms with Crippen molar-refractivity contribution in [1.82, 2.24) is 5.32 Å². The summed E-state index contributed by atoms with van der Waals surface area (Å²) in [7, 11) is 0. The van der Waals surface area contributed by atoms with Crippen molar-refractivity contribution in [3.63, 3.8) is 0 Å². The Hall–Kier alpha value is -2.05. The molecule has 0 bridgehead atoms. The van der Waals surface area contributed by atoms with Crippen LogP contribution < -0.4 is 5.32 Å². The van der Waals surface area contributed by atoms with Crippen LogP contribution in [-0.4, -0.2) is 24.5 Å². The summed E-state index contributed by atoms with van der Waals surface area (Å²) in [6.45, 7) is 4.01. The smallest absolute Gasteiger partial charge is 0.416 e. The molecule has 1 amide bonds. The molecule has 0 fully saturated rings. The van der Waals surface area contributed by atoms with Gasteiger partial charge in [-0.25, -0.2) is 4.79 Å². The van der Waals surface area contributed by atoms with E-state index in [0.29, 0.717) is 6.61 Å². The zero-order chi connectivity index (χ0) is 23.1. The summed E-state index contributed by atoms with van der Waals surface area (Å²) in [5.74, 6) is -1.17. The van der Waals surface area contributed by atoms with Gasteiger partial charge in [0.05, 0.1) is 12.2 Å². The maximum Gasteiger partial charge on any atom is 0.416 e. The minimum absolute atomic E-state index is 0.0537. The third kappa shape index (κ3) is 11.8. The van der Waals surface area contributed by atoms with Crippen LogP contribution in [0.3, 0.4) is 0 Å². The fourth-order valence-electron chi connectivity index (χ4n) is 3.21. The van der Waals surface area contributed by atoms with Crippen LogP contribution in [0, 0.1) is 0 Å². The maximum absolute atomic E-state index is 12.6. The molecule has 0 heterocycles. The number of ether oxygens (including phenoxy) is 1. The largest absolute Gasteiger partial charge is 0.464 e. The van der Waals surface area contributed by atoms with Crippen LogP contribution in [0.1, 0.15) is 100 Å². The fraction of sp³-hybridized carbons (Fsp3) is 0.667. The Balaban J connectivity index is 2.13. The molecule has 7 heteroatoms. The number of carbonyl (C=O) groups is 2. The fourth-order valence-corrected chi connectivity index (χ4v) is 3.21. The minimum atomic E-state index is -4.46. The van der Waals surface area contributed by atoms with Crippen molar-refractivity contribution in [2.45, 2.75) is 96.7 Å². The standard InChI is InChI=1S/C24H36F3NO3/c1-3-4-5-6-7-8-9-10-11-12-13-18-31-23(30)19(2)28-22(29)20-14-16-21(17-15-20)24(25,26)27/h14-17,19H,3-13,18H2,1-2H3,(H,28,29)/t19-/m0/s1. The predicted octanol–water partition coefficient (Wildman–Crippen LogP) is 6.68. The number of alkyl halides is 3. The lowest BCUT2D eigenvalue weighted by Gasteiger charge is -2.14. The quantitative estimate of drug-likeness (QED) is 0.243. The van der Waals surface area contributed by atoms with Gasteiger partial charge in [-0.05, 0) is 37.6 Å². The van der Waals surface area contributed by atoms with Crippen molar-refractivity contribution in [2.75, 3.05) is 6.61 Å². The zero-order valence-corrected chi connectivity index (χ0v) is 18.7. The zero-order valence-electron chi connectivity index (χ0n) is 18.7. The first-order valence-electron chi connectivity index (χ1n) is 11.4. The predicted molar refractivity (Wildman–Crippen MR) is 116 cm³/mol. The van der Waals surface area contributed by atoms with E-state index in [-0.39, 0.29) is 5.56 Å². The van der Waals surface area contributed by atoms with Gasteiger partial charge in [-0.2, -0.15) is 13.2 Å². The lowest BCUT2D eigenvalue weighted by molar-refractivity contribution is -0.145. The number of benzene rings is 1. The van der Waals surface area contributed by atoms with Crippen molar-refractivity contribution in [3.05, 3.63) is 35.4 Å². The van der Waals surface area contributed by atoms with E-state index in [1.54, 1.807) is 0 Å². The van der Waals surface area contributed by atoms with Gasteiger partial charge in [0.1, 0.15) is 6.04 Å². The molecule has 0 aliphatic rings. The summed E-state index contributed by atoms with van der Waals surface area (Å²) < 4.78 is 42.9. The van der Waals surface area contributed by atoms with Gasteiger partial charge in [0.15, 0.2) is 0 Å². The molecular weight excluding hydrogens is 407 g/mol. The number of unbranched alkanes of at least 4 members (excludes halogenated alkanes) is 10. The van der Waals surface area contributed by atoms with Gasteiger partial charge in [0.25, 0.3) is 5.91 Å². The van der Waals surface area contributed by atoms with Gasteiger partial charge < -0.3 is 10.1 Å². The molecule has 0 saturated heterocycles. The van der Waals surface area contributed by atoms with Gasteiger partial charge in [-0.3, -0.25) is 4.79 Å². The van der Waals surface area contributed by atoms with E-state index in [4.69, 9.17) is 4.74 Å². The average Bonchev–Trinajstić information content (AvgIpc) is 2.73. The molecule has 0 saturated carbocycles. The maximum atomic E-state index is 12.6. The second-order valence-corrected chi connectivity index (χ2v) is 7.97. The third-order valence-electron chi connectivity index (χ3n) is 5.17. The van der Waals surface area contributed by atoms with Crippen molar-refractivity contribution in [1.29, 1.82) is 0 Å². The SMILES string of the molecule is CCCCCCCCCCCCCOC(=O)[C@H](C)NC(=O)c1ccc(C(F)(F)F)cc1. The van der Waals surface area contributed by atoms with E-state index in [9.17, 15) is 22.8 Å². The van der Waals surface area contributed by atoms with E-state index in [1.807, 2.05) is 0 Å². The Morgan fingerprint density at radius 3 is 1.84 bits per heavy atom. The molecular formula is C24H36F3NO3. The Morgan fingerprint density at radius 1 is 0.871 bits per heavy atom. The van der Waals surface area contributed by atoms with Crippen molar-refractivity contribution in [2.24, 2.45) is 0 Å². The molecule has 4 nitrogen and oxygen atoms in total. The van der Waals surface area contributed by atoms with Gasteiger partial charge in [0.2, 0.25) is 0 Å². The number of carbonyl (C=O) groups excluding carboxylic acids is 2. The van der Waals surface area contributed by atoms with Gasteiger partial charge >= 0.3 is 12.1 Å². The molecule has 176 valence electrons. The summed E-state index contributed by atoms with van der Waals surface area (Å²) in [6.07, 6.45) is 8.75. The molecule has 1 aromatic carbocycles.